The number of hydrogen-bond acceptors (Lipinski definition) is 2. The van der Waals surface area contributed by atoms with E-state index >= 15 is 0 Å². The molecule has 2 heteroatoms. The molecule has 0 aromatic heterocycles. The summed E-state index contributed by atoms with van der Waals surface area (Å²) in [6.07, 6.45) is 1.21. The maximum atomic E-state index is 5.73. The molecule has 1 atom stereocenters. The van der Waals surface area contributed by atoms with E-state index in [9.17, 15) is 0 Å². The van der Waals surface area contributed by atoms with Crippen LogP contribution in [0.15, 0.2) is 24.3 Å². The van der Waals surface area contributed by atoms with Crippen molar-refractivity contribution in [2.75, 3.05) is 6.61 Å². The van der Waals surface area contributed by atoms with E-state index in [1.54, 1.807) is 0 Å². The average molecular weight is 221 g/mol. The standard InChI is InChI=1S/C14H23NO/c1-11(2)8-12(3)10-16-14-6-4-13(9-15)5-7-14/h4-7,11-12H,8-10,15H2,1-3H3. The van der Waals surface area contributed by atoms with Crippen molar-refractivity contribution in [3.05, 3.63) is 29.8 Å². The van der Waals surface area contributed by atoms with Gasteiger partial charge in [-0.15, -0.1) is 0 Å². The summed E-state index contributed by atoms with van der Waals surface area (Å²) in [5.41, 5.74) is 6.68. The summed E-state index contributed by atoms with van der Waals surface area (Å²) < 4.78 is 5.73. The molecular formula is C14H23NO. The zero-order valence-electron chi connectivity index (χ0n) is 10.6. The predicted octanol–water partition coefficient (Wildman–Crippen LogP) is 3.21. The first-order valence-electron chi connectivity index (χ1n) is 6.03. The summed E-state index contributed by atoms with van der Waals surface area (Å²) in [7, 11) is 0. The lowest BCUT2D eigenvalue weighted by Gasteiger charge is -2.15. The fourth-order valence-corrected chi connectivity index (χ4v) is 1.83. The fraction of sp³-hybridized carbons (Fsp3) is 0.571. The molecule has 0 radical (unpaired) electrons. The summed E-state index contributed by atoms with van der Waals surface area (Å²) in [6, 6.07) is 8.01. The molecule has 2 nitrogen and oxygen atoms in total. The van der Waals surface area contributed by atoms with Crippen LogP contribution < -0.4 is 10.5 Å². The normalized spacial score (nSPS) is 12.8. The van der Waals surface area contributed by atoms with Crippen molar-refractivity contribution in [1.82, 2.24) is 0 Å². The van der Waals surface area contributed by atoms with Crippen LogP contribution in [0.25, 0.3) is 0 Å². The summed E-state index contributed by atoms with van der Waals surface area (Å²) in [5, 5.41) is 0. The van der Waals surface area contributed by atoms with Crippen LogP contribution in [0.3, 0.4) is 0 Å². The van der Waals surface area contributed by atoms with Gasteiger partial charge in [0.05, 0.1) is 6.61 Å². The Morgan fingerprint density at radius 2 is 1.75 bits per heavy atom. The van der Waals surface area contributed by atoms with Gasteiger partial charge in [0, 0.05) is 6.54 Å². The van der Waals surface area contributed by atoms with Gasteiger partial charge in [0.25, 0.3) is 0 Å². The third kappa shape index (κ3) is 4.67. The van der Waals surface area contributed by atoms with Gasteiger partial charge in [-0.3, -0.25) is 0 Å². The molecule has 0 saturated heterocycles. The molecule has 0 aliphatic heterocycles. The Labute approximate surface area is 98.8 Å². The van der Waals surface area contributed by atoms with Crippen LogP contribution in [-0.4, -0.2) is 6.61 Å². The molecule has 1 aromatic carbocycles. The van der Waals surface area contributed by atoms with Gasteiger partial charge < -0.3 is 10.5 Å². The molecule has 0 heterocycles. The van der Waals surface area contributed by atoms with Crippen molar-refractivity contribution < 1.29 is 4.74 Å². The first kappa shape index (κ1) is 13.0. The third-order valence-electron chi connectivity index (χ3n) is 2.57. The fourth-order valence-electron chi connectivity index (χ4n) is 1.83. The molecule has 1 aromatic rings. The Bertz CT molecular complexity index is 292. The van der Waals surface area contributed by atoms with E-state index in [2.05, 4.69) is 20.8 Å². The Morgan fingerprint density at radius 3 is 2.25 bits per heavy atom. The molecule has 0 bridgehead atoms. The smallest absolute Gasteiger partial charge is 0.119 e. The van der Waals surface area contributed by atoms with E-state index in [4.69, 9.17) is 10.5 Å². The van der Waals surface area contributed by atoms with Gasteiger partial charge in [-0.05, 0) is 36.0 Å². The molecule has 0 aliphatic rings. The molecule has 90 valence electrons. The minimum atomic E-state index is 0.587. The van der Waals surface area contributed by atoms with Gasteiger partial charge in [0.15, 0.2) is 0 Å². The van der Waals surface area contributed by atoms with Crippen molar-refractivity contribution in [1.29, 1.82) is 0 Å². The summed E-state index contributed by atoms with van der Waals surface area (Å²) in [4.78, 5) is 0. The maximum absolute atomic E-state index is 5.73. The summed E-state index contributed by atoms with van der Waals surface area (Å²) >= 11 is 0. The highest BCUT2D eigenvalue weighted by Crippen LogP contribution is 2.16. The highest BCUT2D eigenvalue weighted by molar-refractivity contribution is 5.27. The molecule has 0 aliphatic carbocycles. The van der Waals surface area contributed by atoms with E-state index in [1.807, 2.05) is 24.3 Å². The molecule has 0 amide bonds. The molecular weight excluding hydrogens is 198 g/mol. The van der Waals surface area contributed by atoms with Gasteiger partial charge in [-0.25, -0.2) is 0 Å². The monoisotopic (exact) mass is 221 g/mol. The van der Waals surface area contributed by atoms with Crippen molar-refractivity contribution in [2.45, 2.75) is 33.7 Å². The lowest BCUT2D eigenvalue weighted by molar-refractivity contribution is 0.239. The number of rotatable bonds is 6. The van der Waals surface area contributed by atoms with Gasteiger partial charge >= 0.3 is 0 Å². The second-order valence-electron chi connectivity index (χ2n) is 4.89. The van der Waals surface area contributed by atoms with Gasteiger partial charge in [-0.2, -0.15) is 0 Å². The highest BCUT2D eigenvalue weighted by Gasteiger charge is 2.05. The molecule has 0 spiro atoms. The quantitative estimate of drug-likeness (QED) is 0.800. The van der Waals surface area contributed by atoms with Gasteiger partial charge in [0.2, 0.25) is 0 Å². The largest absolute Gasteiger partial charge is 0.493 e. The van der Waals surface area contributed by atoms with Crippen LogP contribution in [0.4, 0.5) is 0 Å². The zero-order valence-corrected chi connectivity index (χ0v) is 10.6. The minimum Gasteiger partial charge on any atom is -0.493 e. The van der Waals surface area contributed by atoms with Crippen LogP contribution in [0, 0.1) is 11.8 Å². The molecule has 2 N–H and O–H groups in total. The second-order valence-corrected chi connectivity index (χ2v) is 4.89. The second kappa shape index (κ2) is 6.54. The van der Waals surface area contributed by atoms with E-state index in [1.165, 1.54) is 6.42 Å². The predicted molar refractivity (Wildman–Crippen MR) is 68.4 cm³/mol. The Morgan fingerprint density at radius 1 is 1.12 bits per heavy atom. The Kier molecular flexibility index (Phi) is 5.33. The van der Waals surface area contributed by atoms with Crippen LogP contribution >= 0.6 is 0 Å². The lowest BCUT2D eigenvalue weighted by Crippen LogP contribution is -2.11. The zero-order chi connectivity index (χ0) is 12.0. The van der Waals surface area contributed by atoms with E-state index in [0.29, 0.717) is 12.5 Å². The summed E-state index contributed by atoms with van der Waals surface area (Å²) in [6.45, 7) is 8.09. The van der Waals surface area contributed by atoms with Crippen molar-refractivity contribution >= 4 is 0 Å². The third-order valence-corrected chi connectivity index (χ3v) is 2.57. The molecule has 1 rings (SSSR count). The molecule has 16 heavy (non-hydrogen) atoms. The molecule has 1 unspecified atom stereocenters. The van der Waals surface area contributed by atoms with Crippen LogP contribution in [0.5, 0.6) is 5.75 Å². The number of nitrogens with two attached hydrogens (primary N) is 1. The van der Waals surface area contributed by atoms with Crippen LogP contribution in [-0.2, 0) is 6.54 Å². The maximum Gasteiger partial charge on any atom is 0.119 e. The van der Waals surface area contributed by atoms with E-state index in [0.717, 1.165) is 23.8 Å². The Hall–Kier alpha value is -1.02. The molecule has 0 saturated carbocycles. The van der Waals surface area contributed by atoms with Crippen molar-refractivity contribution in [2.24, 2.45) is 17.6 Å². The topological polar surface area (TPSA) is 35.2 Å². The first-order chi connectivity index (χ1) is 7.61. The Balaban J connectivity index is 2.36. The molecule has 0 fully saturated rings. The average Bonchev–Trinajstić information content (AvgIpc) is 2.26. The first-order valence-corrected chi connectivity index (χ1v) is 6.03. The van der Waals surface area contributed by atoms with E-state index < -0.39 is 0 Å². The number of hydrogen-bond donors (Lipinski definition) is 1. The van der Waals surface area contributed by atoms with Crippen LogP contribution in [0.1, 0.15) is 32.8 Å². The van der Waals surface area contributed by atoms with E-state index in [-0.39, 0.29) is 0 Å². The van der Waals surface area contributed by atoms with Crippen molar-refractivity contribution in [3.63, 3.8) is 0 Å². The summed E-state index contributed by atoms with van der Waals surface area (Å²) in [5.74, 6) is 2.28. The highest BCUT2D eigenvalue weighted by atomic mass is 16.5. The van der Waals surface area contributed by atoms with Crippen LogP contribution in [0.2, 0.25) is 0 Å². The number of ether oxygens (including phenoxy) is 1. The number of benzene rings is 1. The minimum absolute atomic E-state index is 0.587. The van der Waals surface area contributed by atoms with Crippen molar-refractivity contribution in [3.8, 4) is 5.75 Å². The van der Waals surface area contributed by atoms with Gasteiger partial charge in [0.1, 0.15) is 5.75 Å². The van der Waals surface area contributed by atoms with Gasteiger partial charge in [-0.1, -0.05) is 32.9 Å². The SMILES string of the molecule is CC(C)CC(C)COc1ccc(CN)cc1. The lowest BCUT2D eigenvalue weighted by atomic mass is 10.00.